The lowest BCUT2D eigenvalue weighted by Crippen LogP contribution is -2.02. The molecule has 2 heteroatoms. The number of aryl methyl sites for hydroxylation is 2. The van der Waals surface area contributed by atoms with E-state index in [0.717, 1.165) is 17.5 Å². The highest BCUT2D eigenvalue weighted by atomic mass is 32.1. The number of rotatable bonds is 4. The molecule has 0 aliphatic heterocycles. The molecule has 0 unspecified atom stereocenters. The van der Waals surface area contributed by atoms with Crippen LogP contribution in [-0.4, -0.2) is 5.78 Å². The van der Waals surface area contributed by atoms with Crippen molar-refractivity contribution in [1.29, 1.82) is 0 Å². The minimum Gasteiger partial charge on any atom is -0.294 e. The summed E-state index contributed by atoms with van der Waals surface area (Å²) in [5.41, 5.74) is 3.18. The van der Waals surface area contributed by atoms with Crippen molar-refractivity contribution in [2.45, 2.75) is 19.8 Å². The summed E-state index contributed by atoms with van der Waals surface area (Å²) in [6.07, 6.45) is 1.44. The first-order valence-corrected chi connectivity index (χ1v) is 6.31. The molecule has 0 atom stereocenters. The van der Waals surface area contributed by atoms with E-state index in [1.165, 1.54) is 5.56 Å². The molecule has 0 N–H and O–H groups in total. The van der Waals surface area contributed by atoms with Gasteiger partial charge in [0.25, 0.3) is 0 Å². The molecule has 0 aliphatic rings. The van der Waals surface area contributed by atoms with Crippen LogP contribution in [0.5, 0.6) is 0 Å². The van der Waals surface area contributed by atoms with Crippen molar-refractivity contribution >= 4 is 17.1 Å². The van der Waals surface area contributed by atoms with E-state index in [9.17, 15) is 4.79 Å². The maximum absolute atomic E-state index is 12.0. The van der Waals surface area contributed by atoms with Gasteiger partial charge in [-0.15, -0.1) is 0 Å². The van der Waals surface area contributed by atoms with E-state index in [1.54, 1.807) is 11.3 Å². The zero-order chi connectivity index (χ0) is 11.4. The topological polar surface area (TPSA) is 17.1 Å². The van der Waals surface area contributed by atoms with Gasteiger partial charge in [0.2, 0.25) is 0 Å². The smallest absolute Gasteiger partial charge is 0.163 e. The molecule has 0 saturated heterocycles. The Bertz CT molecular complexity index is 471. The second-order valence-electron chi connectivity index (χ2n) is 3.87. The summed E-state index contributed by atoms with van der Waals surface area (Å²) in [5, 5.41) is 4.15. The van der Waals surface area contributed by atoms with Gasteiger partial charge in [-0.1, -0.05) is 24.3 Å². The molecule has 1 nitrogen and oxygen atoms in total. The molecule has 0 bridgehead atoms. The van der Waals surface area contributed by atoms with Crippen LogP contribution in [-0.2, 0) is 6.42 Å². The van der Waals surface area contributed by atoms with Gasteiger partial charge in [-0.2, -0.15) is 11.3 Å². The molecule has 0 amide bonds. The zero-order valence-corrected chi connectivity index (χ0v) is 10.1. The summed E-state index contributed by atoms with van der Waals surface area (Å²) in [5.74, 6) is 0.240. The summed E-state index contributed by atoms with van der Waals surface area (Å²) >= 11 is 1.68. The molecule has 1 aromatic carbocycles. The number of benzene rings is 1. The lowest BCUT2D eigenvalue weighted by Gasteiger charge is -2.03. The molecule has 0 radical (unpaired) electrons. The number of hydrogen-bond acceptors (Lipinski definition) is 2. The molecule has 0 aliphatic carbocycles. The van der Waals surface area contributed by atoms with E-state index in [2.05, 4.69) is 11.4 Å². The lowest BCUT2D eigenvalue weighted by molar-refractivity contribution is 0.0982. The number of carbonyl (C=O) groups excluding carboxylic acids is 1. The van der Waals surface area contributed by atoms with Crippen molar-refractivity contribution in [2.75, 3.05) is 0 Å². The fourth-order valence-electron chi connectivity index (χ4n) is 1.71. The highest BCUT2D eigenvalue weighted by Crippen LogP contribution is 2.13. The second-order valence-corrected chi connectivity index (χ2v) is 4.65. The molecular weight excluding hydrogens is 216 g/mol. The summed E-state index contributed by atoms with van der Waals surface area (Å²) in [6, 6.07) is 9.86. The molecule has 16 heavy (non-hydrogen) atoms. The van der Waals surface area contributed by atoms with Crippen LogP contribution >= 0.6 is 11.3 Å². The summed E-state index contributed by atoms with van der Waals surface area (Å²) in [4.78, 5) is 12.0. The minimum atomic E-state index is 0.240. The van der Waals surface area contributed by atoms with E-state index in [1.807, 2.05) is 36.6 Å². The Morgan fingerprint density at radius 2 is 2.06 bits per heavy atom. The van der Waals surface area contributed by atoms with Crippen molar-refractivity contribution in [3.8, 4) is 0 Å². The first kappa shape index (κ1) is 11.1. The van der Waals surface area contributed by atoms with E-state index >= 15 is 0 Å². The van der Waals surface area contributed by atoms with Crippen LogP contribution in [0.15, 0.2) is 41.1 Å². The van der Waals surface area contributed by atoms with Crippen molar-refractivity contribution in [3.05, 3.63) is 57.8 Å². The summed E-state index contributed by atoms with van der Waals surface area (Å²) < 4.78 is 0. The molecule has 0 spiro atoms. The number of hydrogen-bond donors (Lipinski definition) is 0. The van der Waals surface area contributed by atoms with Gasteiger partial charge in [-0.25, -0.2) is 0 Å². The van der Waals surface area contributed by atoms with E-state index in [4.69, 9.17) is 0 Å². The molecule has 1 heterocycles. The number of ketones is 1. The van der Waals surface area contributed by atoms with Crippen LogP contribution in [0, 0.1) is 6.92 Å². The summed E-state index contributed by atoms with van der Waals surface area (Å²) in [6.45, 7) is 1.98. The molecular formula is C14H14OS. The predicted molar refractivity (Wildman–Crippen MR) is 68.1 cm³/mol. The zero-order valence-electron chi connectivity index (χ0n) is 9.27. The van der Waals surface area contributed by atoms with Gasteiger partial charge in [-0.3, -0.25) is 4.79 Å². The van der Waals surface area contributed by atoms with E-state index in [0.29, 0.717) is 6.42 Å². The van der Waals surface area contributed by atoms with Crippen LogP contribution in [0.2, 0.25) is 0 Å². The number of Topliss-reactive ketones (excluding diaryl/α,β-unsaturated/α-hetero) is 1. The van der Waals surface area contributed by atoms with Gasteiger partial charge >= 0.3 is 0 Å². The quantitative estimate of drug-likeness (QED) is 0.729. The Morgan fingerprint density at radius 1 is 1.25 bits per heavy atom. The van der Waals surface area contributed by atoms with Crippen molar-refractivity contribution in [1.82, 2.24) is 0 Å². The van der Waals surface area contributed by atoms with Crippen molar-refractivity contribution in [2.24, 2.45) is 0 Å². The Morgan fingerprint density at radius 3 is 2.75 bits per heavy atom. The van der Waals surface area contributed by atoms with Gasteiger partial charge < -0.3 is 0 Å². The molecule has 1 aromatic heterocycles. The van der Waals surface area contributed by atoms with Crippen LogP contribution in [0.1, 0.15) is 27.9 Å². The third-order valence-electron chi connectivity index (χ3n) is 2.67. The number of thiophene rings is 1. The molecule has 0 fully saturated rings. The van der Waals surface area contributed by atoms with Gasteiger partial charge in [-0.05, 0) is 41.3 Å². The Labute approximate surface area is 99.8 Å². The Balaban J connectivity index is 2.01. The predicted octanol–water partition coefficient (Wildman–Crippen LogP) is 3.87. The van der Waals surface area contributed by atoms with Crippen LogP contribution < -0.4 is 0 Å². The molecule has 82 valence electrons. The van der Waals surface area contributed by atoms with Gasteiger partial charge in [0.1, 0.15) is 0 Å². The van der Waals surface area contributed by atoms with E-state index in [-0.39, 0.29) is 5.78 Å². The van der Waals surface area contributed by atoms with Gasteiger partial charge in [0.15, 0.2) is 5.78 Å². The molecule has 0 saturated carbocycles. The number of carbonyl (C=O) groups is 1. The highest BCUT2D eigenvalue weighted by Gasteiger charge is 2.08. The van der Waals surface area contributed by atoms with Crippen molar-refractivity contribution in [3.63, 3.8) is 0 Å². The first-order valence-electron chi connectivity index (χ1n) is 5.37. The van der Waals surface area contributed by atoms with Crippen LogP contribution in [0.25, 0.3) is 0 Å². The fourth-order valence-corrected chi connectivity index (χ4v) is 2.42. The maximum Gasteiger partial charge on any atom is 0.163 e. The third-order valence-corrected chi connectivity index (χ3v) is 3.40. The SMILES string of the molecule is Cc1ccccc1C(=O)CCc1ccsc1. The third kappa shape index (κ3) is 2.58. The average Bonchev–Trinajstić information content (AvgIpc) is 2.79. The van der Waals surface area contributed by atoms with Crippen LogP contribution in [0.4, 0.5) is 0 Å². The van der Waals surface area contributed by atoms with Gasteiger partial charge in [0.05, 0.1) is 0 Å². The van der Waals surface area contributed by atoms with E-state index < -0.39 is 0 Å². The fraction of sp³-hybridized carbons (Fsp3) is 0.214. The van der Waals surface area contributed by atoms with Gasteiger partial charge in [0, 0.05) is 12.0 Å². The largest absolute Gasteiger partial charge is 0.294 e. The minimum absolute atomic E-state index is 0.240. The van der Waals surface area contributed by atoms with Crippen LogP contribution in [0.3, 0.4) is 0 Å². The monoisotopic (exact) mass is 230 g/mol. The average molecular weight is 230 g/mol. The summed E-state index contributed by atoms with van der Waals surface area (Å²) in [7, 11) is 0. The Kier molecular flexibility index (Phi) is 3.52. The Hall–Kier alpha value is -1.41. The lowest BCUT2D eigenvalue weighted by atomic mass is 10.0. The maximum atomic E-state index is 12.0. The molecule has 2 aromatic rings. The normalized spacial score (nSPS) is 10.3. The highest BCUT2D eigenvalue weighted by molar-refractivity contribution is 7.07. The molecule has 2 rings (SSSR count). The first-order chi connectivity index (χ1) is 7.77. The second kappa shape index (κ2) is 5.08. The van der Waals surface area contributed by atoms with Crippen molar-refractivity contribution < 1.29 is 4.79 Å². The standard InChI is InChI=1S/C14H14OS/c1-11-4-2-3-5-13(11)14(15)7-6-12-8-9-16-10-12/h2-5,8-10H,6-7H2,1H3.